The lowest BCUT2D eigenvalue weighted by atomic mass is 10.0. The summed E-state index contributed by atoms with van der Waals surface area (Å²) < 4.78 is 6.46. The highest BCUT2D eigenvalue weighted by molar-refractivity contribution is 5.91. The number of nitrogens with zero attached hydrogens (tertiary/aromatic N) is 6. The average molecular weight is 514 g/mol. The van der Waals surface area contributed by atoms with Gasteiger partial charge >= 0.3 is 0 Å². The van der Waals surface area contributed by atoms with Gasteiger partial charge in [-0.25, -0.2) is 15.0 Å². The van der Waals surface area contributed by atoms with Gasteiger partial charge in [0.15, 0.2) is 11.5 Å². The van der Waals surface area contributed by atoms with Crippen LogP contribution in [0.25, 0.3) is 21.9 Å². The van der Waals surface area contributed by atoms with E-state index in [-0.39, 0.29) is 6.04 Å². The quantitative estimate of drug-likeness (QED) is 0.321. The van der Waals surface area contributed by atoms with Crippen molar-refractivity contribution in [1.82, 2.24) is 29.7 Å². The molecule has 0 radical (unpaired) electrons. The van der Waals surface area contributed by atoms with Gasteiger partial charge in [-0.1, -0.05) is 36.8 Å². The van der Waals surface area contributed by atoms with Crippen molar-refractivity contribution in [3.63, 3.8) is 0 Å². The van der Waals surface area contributed by atoms with E-state index in [1.807, 2.05) is 11.0 Å². The highest BCUT2D eigenvalue weighted by Crippen LogP contribution is 2.32. The number of imidazole rings is 1. The van der Waals surface area contributed by atoms with Crippen LogP contribution in [0.5, 0.6) is 5.75 Å². The zero-order valence-corrected chi connectivity index (χ0v) is 21.8. The topological polar surface area (TPSA) is 90.5 Å². The van der Waals surface area contributed by atoms with Crippen LogP contribution < -0.4 is 9.64 Å². The molecule has 2 aromatic heterocycles. The molecule has 2 aliphatic heterocycles. The maximum absolute atomic E-state index is 11.9. The molecular weight excluding hydrogens is 478 g/mol. The third-order valence-electron chi connectivity index (χ3n) is 7.93. The van der Waals surface area contributed by atoms with E-state index < -0.39 is 0 Å². The Labute approximate surface area is 222 Å². The van der Waals surface area contributed by atoms with Crippen molar-refractivity contribution in [1.29, 1.82) is 0 Å². The molecule has 9 nitrogen and oxygen atoms in total. The Hall–Kier alpha value is -3.72. The summed E-state index contributed by atoms with van der Waals surface area (Å²) in [5, 5.41) is 2.21. The third kappa shape index (κ3) is 5.15. The number of H-pyrrole nitrogens is 1. The molecule has 4 heterocycles. The SMILES string of the molecule is O=CN(CCN1CCCCC1)Cc1ccc(OC[C@H]2CCCN2c2ncnc3[nH]cnc23)c2ccccc12. The minimum Gasteiger partial charge on any atom is -0.491 e. The van der Waals surface area contributed by atoms with Gasteiger partial charge in [-0.15, -0.1) is 0 Å². The van der Waals surface area contributed by atoms with Crippen LogP contribution in [0.15, 0.2) is 49.1 Å². The van der Waals surface area contributed by atoms with Gasteiger partial charge < -0.3 is 24.4 Å². The van der Waals surface area contributed by atoms with E-state index in [0.717, 1.165) is 91.0 Å². The molecule has 2 aromatic carbocycles. The standard InChI is InChI=1S/C29H35N7O2/c37-21-35(16-15-34-12-4-1-5-13-34)17-22-10-11-26(25-9-3-2-8-24(22)25)38-18-23-7-6-14-36(23)29-27-28(31-19-30-27)32-20-33-29/h2-3,8-11,19-21,23H,1,4-7,12-18H2,(H,30,31,32,33)/t23-/m1/s1. The Balaban J connectivity index is 1.15. The zero-order chi connectivity index (χ0) is 25.7. The summed E-state index contributed by atoms with van der Waals surface area (Å²) in [5.74, 6) is 1.73. The van der Waals surface area contributed by atoms with Gasteiger partial charge in [-0.05, 0) is 55.8 Å². The van der Waals surface area contributed by atoms with Gasteiger partial charge in [0.25, 0.3) is 0 Å². The van der Waals surface area contributed by atoms with E-state index in [0.29, 0.717) is 13.2 Å². The lowest BCUT2D eigenvalue weighted by Crippen LogP contribution is -2.37. The number of anilines is 1. The molecular formula is C29H35N7O2. The minimum atomic E-state index is 0.212. The predicted molar refractivity (Wildman–Crippen MR) is 148 cm³/mol. The Morgan fingerprint density at radius 2 is 1.87 bits per heavy atom. The second kappa shape index (κ2) is 11.3. The summed E-state index contributed by atoms with van der Waals surface area (Å²) in [6.45, 7) is 6.06. The van der Waals surface area contributed by atoms with Crippen LogP contribution in [-0.4, -0.2) is 81.5 Å². The molecule has 0 aliphatic carbocycles. The zero-order valence-electron chi connectivity index (χ0n) is 21.8. The van der Waals surface area contributed by atoms with Crippen molar-refractivity contribution >= 4 is 34.2 Å². The van der Waals surface area contributed by atoms with Crippen molar-refractivity contribution in [3.8, 4) is 5.75 Å². The Bertz CT molecular complexity index is 1380. The number of carbonyl (C=O) groups excluding carboxylic acids is 1. The van der Waals surface area contributed by atoms with Crippen molar-refractivity contribution in [3.05, 3.63) is 54.6 Å². The Kier molecular flexibility index (Phi) is 7.35. The Morgan fingerprint density at radius 1 is 1.00 bits per heavy atom. The molecule has 0 unspecified atom stereocenters. The minimum absolute atomic E-state index is 0.212. The van der Waals surface area contributed by atoms with E-state index in [2.05, 4.69) is 60.1 Å². The van der Waals surface area contributed by atoms with Gasteiger partial charge in [0.05, 0.1) is 12.4 Å². The van der Waals surface area contributed by atoms with Crippen molar-refractivity contribution in [2.24, 2.45) is 0 Å². The first-order chi connectivity index (χ1) is 18.8. The number of piperidine rings is 1. The molecule has 1 atom stereocenters. The highest BCUT2D eigenvalue weighted by atomic mass is 16.5. The predicted octanol–water partition coefficient (Wildman–Crippen LogP) is 4.00. The smallest absolute Gasteiger partial charge is 0.210 e. The van der Waals surface area contributed by atoms with Crippen LogP contribution >= 0.6 is 0 Å². The number of amides is 1. The third-order valence-corrected chi connectivity index (χ3v) is 7.93. The number of nitrogens with one attached hydrogen (secondary N) is 1. The largest absolute Gasteiger partial charge is 0.491 e. The van der Waals surface area contributed by atoms with Crippen molar-refractivity contribution in [2.75, 3.05) is 44.2 Å². The van der Waals surface area contributed by atoms with E-state index in [9.17, 15) is 4.79 Å². The highest BCUT2D eigenvalue weighted by Gasteiger charge is 2.28. The molecule has 0 bridgehead atoms. The second-order valence-corrected chi connectivity index (χ2v) is 10.3. The van der Waals surface area contributed by atoms with Crippen LogP contribution in [0.2, 0.25) is 0 Å². The number of aromatic amines is 1. The monoisotopic (exact) mass is 513 g/mol. The first kappa shape index (κ1) is 24.6. The molecule has 2 saturated heterocycles. The molecule has 2 aliphatic rings. The number of hydrogen-bond acceptors (Lipinski definition) is 7. The van der Waals surface area contributed by atoms with Crippen LogP contribution in [0.4, 0.5) is 5.82 Å². The fourth-order valence-electron chi connectivity index (χ4n) is 5.87. The van der Waals surface area contributed by atoms with Gasteiger partial charge in [-0.3, -0.25) is 4.79 Å². The van der Waals surface area contributed by atoms with Gasteiger partial charge in [-0.2, -0.15) is 0 Å². The molecule has 198 valence electrons. The van der Waals surface area contributed by atoms with Crippen LogP contribution in [-0.2, 0) is 11.3 Å². The van der Waals surface area contributed by atoms with Gasteiger partial charge in [0, 0.05) is 31.6 Å². The van der Waals surface area contributed by atoms with Crippen LogP contribution in [0, 0.1) is 0 Å². The van der Waals surface area contributed by atoms with E-state index in [4.69, 9.17) is 4.74 Å². The van der Waals surface area contributed by atoms with E-state index >= 15 is 0 Å². The summed E-state index contributed by atoms with van der Waals surface area (Å²) in [5.41, 5.74) is 2.70. The number of carbonyl (C=O) groups is 1. The molecule has 6 rings (SSSR count). The molecule has 0 saturated carbocycles. The van der Waals surface area contributed by atoms with Crippen LogP contribution in [0.3, 0.4) is 0 Å². The fourth-order valence-corrected chi connectivity index (χ4v) is 5.87. The molecule has 38 heavy (non-hydrogen) atoms. The first-order valence-corrected chi connectivity index (χ1v) is 13.8. The number of rotatable bonds is 10. The molecule has 0 spiro atoms. The summed E-state index contributed by atoms with van der Waals surface area (Å²) in [4.78, 5) is 34.9. The molecule has 9 heteroatoms. The number of aromatic nitrogens is 4. The fraction of sp³-hybridized carbons (Fsp3) is 0.448. The summed E-state index contributed by atoms with van der Waals surface area (Å²) in [6.07, 6.45) is 10.2. The summed E-state index contributed by atoms with van der Waals surface area (Å²) >= 11 is 0. The molecule has 4 aromatic rings. The summed E-state index contributed by atoms with van der Waals surface area (Å²) in [7, 11) is 0. The van der Waals surface area contributed by atoms with E-state index in [1.165, 1.54) is 19.3 Å². The number of hydrogen-bond donors (Lipinski definition) is 1. The maximum Gasteiger partial charge on any atom is 0.210 e. The second-order valence-electron chi connectivity index (χ2n) is 10.3. The first-order valence-electron chi connectivity index (χ1n) is 13.8. The van der Waals surface area contributed by atoms with Gasteiger partial charge in [0.2, 0.25) is 6.41 Å². The number of likely N-dealkylation sites (tertiary alicyclic amines) is 1. The summed E-state index contributed by atoms with van der Waals surface area (Å²) in [6, 6.07) is 12.7. The van der Waals surface area contributed by atoms with Crippen molar-refractivity contribution < 1.29 is 9.53 Å². The average Bonchev–Trinajstić information content (AvgIpc) is 3.65. The van der Waals surface area contributed by atoms with Gasteiger partial charge in [0.1, 0.15) is 24.2 Å². The van der Waals surface area contributed by atoms with E-state index in [1.54, 1.807) is 12.7 Å². The number of fused-ring (bicyclic) bond motifs is 2. The molecule has 1 N–H and O–H groups in total. The number of ether oxygens (including phenoxy) is 1. The van der Waals surface area contributed by atoms with Crippen LogP contribution in [0.1, 0.15) is 37.7 Å². The lowest BCUT2D eigenvalue weighted by Gasteiger charge is -2.29. The van der Waals surface area contributed by atoms with Crippen molar-refractivity contribution in [2.45, 2.75) is 44.7 Å². The molecule has 1 amide bonds. The normalized spacial score (nSPS) is 18.3. The molecule has 2 fully saturated rings. The lowest BCUT2D eigenvalue weighted by molar-refractivity contribution is -0.118. The maximum atomic E-state index is 11.9. The number of benzene rings is 2. The Morgan fingerprint density at radius 3 is 2.74 bits per heavy atom.